The Balaban J connectivity index is 1.30. The van der Waals surface area contributed by atoms with Gasteiger partial charge in [0.2, 0.25) is 0 Å². The lowest BCUT2D eigenvalue weighted by atomic mass is 9.97. The molecule has 2 nitrogen and oxygen atoms in total. The summed E-state index contributed by atoms with van der Waals surface area (Å²) in [4.78, 5) is 0. The molecule has 1 aliphatic carbocycles. The van der Waals surface area contributed by atoms with Crippen molar-refractivity contribution in [3.05, 3.63) is 158 Å². The maximum Gasteiger partial charge on any atom is 0.0619 e. The minimum absolute atomic E-state index is 1.16. The molecule has 0 N–H and O–H groups in total. The van der Waals surface area contributed by atoms with E-state index >= 15 is 0 Å². The molecule has 0 saturated heterocycles. The first-order chi connectivity index (χ1) is 22.8. The van der Waals surface area contributed by atoms with Crippen LogP contribution in [-0.4, -0.2) is 9.13 Å². The summed E-state index contributed by atoms with van der Waals surface area (Å²) < 4.78 is 4.94. The van der Waals surface area contributed by atoms with Crippen molar-refractivity contribution >= 4 is 65.2 Å². The third kappa shape index (κ3) is 3.01. The predicted octanol–water partition coefficient (Wildman–Crippen LogP) is 11.8. The third-order valence-electron chi connectivity index (χ3n) is 10.2. The zero-order chi connectivity index (χ0) is 29.9. The second-order valence-electron chi connectivity index (χ2n) is 12.5. The molecule has 0 aliphatic heterocycles. The lowest BCUT2D eigenvalue weighted by molar-refractivity contribution is 1.14. The summed E-state index contributed by atoms with van der Waals surface area (Å²) in [5.74, 6) is 0. The van der Waals surface area contributed by atoms with Gasteiger partial charge in [0, 0.05) is 38.3 Å². The molecule has 11 rings (SSSR count). The maximum atomic E-state index is 2.52. The average Bonchev–Trinajstić information content (AvgIpc) is 3.76. The molecule has 0 unspecified atom stereocenters. The van der Waals surface area contributed by atoms with E-state index in [4.69, 9.17) is 0 Å². The Morgan fingerprint density at radius 3 is 1.67 bits per heavy atom. The van der Waals surface area contributed by atoms with Gasteiger partial charge in [-0.1, -0.05) is 121 Å². The van der Waals surface area contributed by atoms with Gasteiger partial charge in [-0.2, -0.15) is 0 Å². The van der Waals surface area contributed by atoms with Crippen LogP contribution in [0.5, 0.6) is 0 Å². The summed E-state index contributed by atoms with van der Waals surface area (Å²) in [7, 11) is 0. The molecule has 46 heavy (non-hydrogen) atoms. The second kappa shape index (κ2) is 8.74. The van der Waals surface area contributed by atoms with E-state index in [0.29, 0.717) is 0 Å². The zero-order valence-corrected chi connectivity index (χ0v) is 24.9. The first-order valence-corrected chi connectivity index (χ1v) is 16.0. The molecule has 0 radical (unpaired) electrons. The molecular weight excluding hydrogens is 556 g/mol. The van der Waals surface area contributed by atoms with Gasteiger partial charge < -0.3 is 9.13 Å². The predicted molar refractivity (Wildman–Crippen MR) is 195 cm³/mol. The molecule has 0 amide bonds. The Labute approximate surface area is 265 Å². The molecule has 10 aromatic rings. The van der Waals surface area contributed by atoms with Crippen LogP contribution in [0.25, 0.3) is 98.8 Å². The molecular formula is C44H26N2. The highest BCUT2D eigenvalue weighted by Crippen LogP contribution is 2.51. The SMILES string of the molecule is c1cc(-n2c3ccccc3c3ccccc32)cc(-n2c3cc4c5c(cccc5c3c3ccc5ccccc5c32)-c2ccccc2-4)c1. The fourth-order valence-electron chi connectivity index (χ4n) is 8.38. The summed E-state index contributed by atoms with van der Waals surface area (Å²) in [6.45, 7) is 0. The van der Waals surface area contributed by atoms with E-state index in [1.54, 1.807) is 0 Å². The molecule has 2 heteroatoms. The van der Waals surface area contributed by atoms with Gasteiger partial charge in [-0.25, -0.2) is 0 Å². The van der Waals surface area contributed by atoms with E-state index in [0.717, 1.165) is 11.4 Å². The number of para-hydroxylation sites is 2. The first-order valence-electron chi connectivity index (χ1n) is 16.0. The fraction of sp³-hybridized carbons (Fsp3) is 0. The minimum atomic E-state index is 1.16. The fourth-order valence-corrected chi connectivity index (χ4v) is 8.38. The monoisotopic (exact) mass is 582 g/mol. The summed E-state index contributed by atoms with van der Waals surface area (Å²) in [6.07, 6.45) is 0. The van der Waals surface area contributed by atoms with E-state index in [1.807, 2.05) is 0 Å². The second-order valence-corrected chi connectivity index (χ2v) is 12.5. The molecule has 0 saturated carbocycles. The first kappa shape index (κ1) is 24.2. The summed E-state index contributed by atoms with van der Waals surface area (Å²) in [6, 6.07) is 58.2. The largest absolute Gasteiger partial charge is 0.309 e. The number of fused-ring (bicyclic) bond motifs is 12. The number of benzene rings is 8. The van der Waals surface area contributed by atoms with Crippen LogP contribution in [0.4, 0.5) is 0 Å². The van der Waals surface area contributed by atoms with Crippen molar-refractivity contribution in [1.82, 2.24) is 9.13 Å². The van der Waals surface area contributed by atoms with Crippen molar-refractivity contribution in [2.75, 3.05) is 0 Å². The maximum absolute atomic E-state index is 2.52. The van der Waals surface area contributed by atoms with Crippen LogP contribution in [0.3, 0.4) is 0 Å². The Morgan fingerprint density at radius 2 is 0.891 bits per heavy atom. The van der Waals surface area contributed by atoms with Crippen molar-refractivity contribution in [3.8, 4) is 33.6 Å². The number of nitrogens with zero attached hydrogens (tertiary/aromatic N) is 2. The molecule has 2 heterocycles. The van der Waals surface area contributed by atoms with Gasteiger partial charge >= 0.3 is 0 Å². The highest BCUT2D eigenvalue weighted by Gasteiger charge is 2.26. The molecule has 1 aliphatic rings. The number of aromatic nitrogens is 2. The van der Waals surface area contributed by atoms with E-state index in [9.17, 15) is 0 Å². The van der Waals surface area contributed by atoms with Gasteiger partial charge in [0.25, 0.3) is 0 Å². The van der Waals surface area contributed by atoms with E-state index in [1.165, 1.54) is 87.4 Å². The van der Waals surface area contributed by atoms with Gasteiger partial charge in [-0.15, -0.1) is 0 Å². The highest BCUT2D eigenvalue weighted by atomic mass is 15.0. The van der Waals surface area contributed by atoms with Crippen LogP contribution >= 0.6 is 0 Å². The molecule has 0 atom stereocenters. The van der Waals surface area contributed by atoms with Gasteiger partial charge in [-0.05, 0) is 74.8 Å². The topological polar surface area (TPSA) is 9.86 Å². The normalized spacial score (nSPS) is 12.3. The lowest BCUT2D eigenvalue weighted by Gasteiger charge is -2.14. The number of rotatable bonds is 2. The summed E-state index contributed by atoms with van der Waals surface area (Å²) >= 11 is 0. The van der Waals surface area contributed by atoms with Gasteiger partial charge in [-0.3, -0.25) is 0 Å². The third-order valence-corrected chi connectivity index (χ3v) is 10.2. The standard InChI is InChI=1S/C44H26N2/c1-2-14-30-27(11-1)23-24-37-43-36-20-10-19-35-31-15-3-4-16-32(31)38(42(35)36)26-41(43)46(44(30)37)29-13-9-12-28(25-29)45-39-21-7-5-17-33(39)34-18-6-8-22-40(34)45/h1-26H. The molecule has 2 aromatic heterocycles. The smallest absolute Gasteiger partial charge is 0.0619 e. The van der Waals surface area contributed by atoms with Gasteiger partial charge in [0.15, 0.2) is 0 Å². The molecule has 212 valence electrons. The van der Waals surface area contributed by atoms with Crippen LogP contribution in [-0.2, 0) is 0 Å². The van der Waals surface area contributed by atoms with Crippen molar-refractivity contribution in [1.29, 1.82) is 0 Å². The minimum Gasteiger partial charge on any atom is -0.309 e. The Morgan fingerprint density at radius 1 is 0.304 bits per heavy atom. The molecule has 0 bridgehead atoms. The van der Waals surface area contributed by atoms with Gasteiger partial charge in [0.05, 0.1) is 22.1 Å². The molecule has 8 aromatic carbocycles. The number of hydrogen-bond acceptors (Lipinski definition) is 0. The van der Waals surface area contributed by atoms with E-state index < -0.39 is 0 Å². The van der Waals surface area contributed by atoms with E-state index in [2.05, 4.69) is 167 Å². The Kier molecular flexibility index (Phi) is 4.61. The number of hydrogen-bond donors (Lipinski definition) is 0. The molecule has 0 spiro atoms. The Hall–Kier alpha value is -6.12. The van der Waals surface area contributed by atoms with Crippen LogP contribution < -0.4 is 0 Å². The quantitative estimate of drug-likeness (QED) is 0.192. The molecule has 0 fully saturated rings. The van der Waals surface area contributed by atoms with Gasteiger partial charge in [0.1, 0.15) is 0 Å². The van der Waals surface area contributed by atoms with Crippen LogP contribution in [0.2, 0.25) is 0 Å². The lowest BCUT2D eigenvalue weighted by Crippen LogP contribution is -1.99. The van der Waals surface area contributed by atoms with Crippen molar-refractivity contribution < 1.29 is 0 Å². The van der Waals surface area contributed by atoms with Crippen molar-refractivity contribution in [2.45, 2.75) is 0 Å². The summed E-state index contributed by atoms with van der Waals surface area (Å²) in [5, 5.41) is 10.3. The Bertz CT molecular complexity index is 2860. The van der Waals surface area contributed by atoms with Crippen molar-refractivity contribution in [2.24, 2.45) is 0 Å². The average molecular weight is 583 g/mol. The highest BCUT2D eigenvalue weighted by molar-refractivity contribution is 6.31. The van der Waals surface area contributed by atoms with Crippen molar-refractivity contribution in [3.63, 3.8) is 0 Å². The van der Waals surface area contributed by atoms with Crippen LogP contribution in [0, 0.1) is 0 Å². The van der Waals surface area contributed by atoms with Crippen LogP contribution in [0.15, 0.2) is 158 Å². The summed E-state index contributed by atoms with van der Waals surface area (Å²) in [5.41, 5.74) is 12.5. The van der Waals surface area contributed by atoms with Crippen LogP contribution in [0.1, 0.15) is 0 Å². The zero-order valence-electron chi connectivity index (χ0n) is 24.9. The van der Waals surface area contributed by atoms with E-state index in [-0.39, 0.29) is 0 Å².